The van der Waals surface area contributed by atoms with Gasteiger partial charge < -0.3 is 24.8 Å². The first kappa shape index (κ1) is 21.1. The molecular formula is C15H26N6O5S. The van der Waals surface area contributed by atoms with E-state index in [4.69, 9.17) is 4.74 Å². The van der Waals surface area contributed by atoms with Crippen molar-refractivity contribution in [3.05, 3.63) is 18.0 Å². The van der Waals surface area contributed by atoms with Gasteiger partial charge in [-0.3, -0.25) is 9.79 Å². The highest BCUT2D eigenvalue weighted by Crippen LogP contribution is 2.12. The molecule has 1 aromatic rings. The summed E-state index contributed by atoms with van der Waals surface area (Å²) in [6.45, 7) is 2.60. The highest BCUT2D eigenvalue weighted by Gasteiger charge is 2.29. The number of sulfonamides is 1. The molecule has 0 aliphatic carbocycles. The number of guanidine groups is 1. The summed E-state index contributed by atoms with van der Waals surface area (Å²) in [6.07, 6.45) is 1.35. The van der Waals surface area contributed by atoms with E-state index < -0.39 is 10.0 Å². The van der Waals surface area contributed by atoms with Crippen LogP contribution in [0.2, 0.25) is 0 Å². The first-order chi connectivity index (χ1) is 13.0. The molecule has 152 valence electrons. The van der Waals surface area contributed by atoms with Crippen molar-refractivity contribution in [1.29, 1.82) is 0 Å². The molecule has 0 atom stereocenters. The number of aliphatic imine (C=N–C) groups is 1. The Balaban J connectivity index is 1.80. The van der Waals surface area contributed by atoms with Crippen LogP contribution in [-0.4, -0.2) is 94.7 Å². The summed E-state index contributed by atoms with van der Waals surface area (Å²) in [4.78, 5) is 17.8. The van der Waals surface area contributed by atoms with Gasteiger partial charge >= 0.3 is 0 Å². The van der Waals surface area contributed by atoms with Crippen molar-refractivity contribution in [3.63, 3.8) is 0 Å². The van der Waals surface area contributed by atoms with E-state index in [-0.39, 0.29) is 18.2 Å². The van der Waals surface area contributed by atoms with Crippen LogP contribution in [0, 0.1) is 0 Å². The lowest BCUT2D eigenvalue weighted by Crippen LogP contribution is -2.54. The Morgan fingerprint density at radius 3 is 2.67 bits per heavy atom. The highest BCUT2D eigenvalue weighted by molar-refractivity contribution is 7.88. The average molecular weight is 402 g/mol. The van der Waals surface area contributed by atoms with Crippen LogP contribution in [0.25, 0.3) is 0 Å². The van der Waals surface area contributed by atoms with E-state index >= 15 is 0 Å². The van der Waals surface area contributed by atoms with Crippen molar-refractivity contribution in [2.75, 3.05) is 60.0 Å². The van der Waals surface area contributed by atoms with Gasteiger partial charge in [-0.15, -0.1) is 0 Å². The lowest BCUT2D eigenvalue weighted by Gasteiger charge is -2.35. The molecule has 0 radical (unpaired) electrons. The molecule has 0 bridgehead atoms. The molecule has 0 saturated carbocycles. The molecule has 1 fully saturated rings. The molecule has 0 aromatic carbocycles. The zero-order chi connectivity index (χ0) is 19.7. The van der Waals surface area contributed by atoms with Crippen molar-refractivity contribution in [2.45, 2.75) is 5.75 Å². The third-order valence-corrected chi connectivity index (χ3v) is 5.81. The number of methoxy groups -OCH3 is 1. The molecule has 11 nitrogen and oxygen atoms in total. The third kappa shape index (κ3) is 6.48. The minimum absolute atomic E-state index is 0.0844. The Labute approximate surface area is 158 Å². The van der Waals surface area contributed by atoms with E-state index in [1.54, 1.807) is 14.2 Å². The summed E-state index contributed by atoms with van der Waals surface area (Å²) >= 11 is 0. The molecule has 2 N–H and O–H groups in total. The number of nitrogens with one attached hydrogen (secondary N) is 2. The maximum Gasteiger partial charge on any atom is 0.239 e. The smallest absolute Gasteiger partial charge is 0.239 e. The normalized spacial score (nSPS) is 16.4. The van der Waals surface area contributed by atoms with Gasteiger partial charge in [-0.1, -0.05) is 5.16 Å². The number of hydrogen-bond acceptors (Lipinski definition) is 7. The first-order valence-electron chi connectivity index (χ1n) is 8.54. The van der Waals surface area contributed by atoms with Crippen LogP contribution in [0.3, 0.4) is 0 Å². The Bertz CT molecular complexity index is 713. The number of carbonyl (C=O) groups excluding carboxylic acids is 1. The SMILES string of the molecule is CN=C(NCC(=O)NCCOC)N1CCN(S(=O)(=O)Cc2ccon2)CC1. The maximum atomic E-state index is 12.5. The molecule has 2 rings (SSSR count). The van der Waals surface area contributed by atoms with Crippen LogP contribution in [0.5, 0.6) is 0 Å². The molecule has 0 spiro atoms. The van der Waals surface area contributed by atoms with Crippen LogP contribution in [0.4, 0.5) is 0 Å². The van der Waals surface area contributed by atoms with Crippen molar-refractivity contribution in [3.8, 4) is 0 Å². The Morgan fingerprint density at radius 2 is 2.07 bits per heavy atom. The minimum atomic E-state index is -3.45. The van der Waals surface area contributed by atoms with Crippen LogP contribution in [0.15, 0.2) is 21.8 Å². The summed E-state index contributed by atoms with van der Waals surface area (Å²) in [5.74, 6) is 0.213. The summed E-state index contributed by atoms with van der Waals surface area (Å²) in [6, 6.07) is 1.54. The van der Waals surface area contributed by atoms with E-state index in [2.05, 4.69) is 25.3 Å². The second-order valence-corrected chi connectivity index (χ2v) is 7.85. The van der Waals surface area contributed by atoms with E-state index in [1.807, 2.05) is 4.90 Å². The van der Waals surface area contributed by atoms with Gasteiger partial charge in [0.25, 0.3) is 0 Å². The third-order valence-electron chi connectivity index (χ3n) is 4.00. The number of aromatic nitrogens is 1. The average Bonchev–Trinajstić information content (AvgIpc) is 3.15. The Kier molecular flexibility index (Phi) is 8.00. The fourth-order valence-electron chi connectivity index (χ4n) is 2.61. The lowest BCUT2D eigenvalue weighted by molar-refractivity contribution is -0.120. The second-order valence-electron chi connectivity index (χ2n) is 5.88. The van der Waals surface area contributed by atoms with Crippen molar-refractivity contribution in [2.24, 2.45) is 4.99 Å². The fraction of sp³-hybridized carbons (Fsp3) is 0.667. The maximum absolute atomic E-state index is 12.5. The highest BCUT2D eigenvalue weighted by atomic mass is 32.2. The lowest BCUT2D eigenvalue weighted by atomic mass is 10.4. The number of carbonyl (C=O) groups is 1. The zero-order valence-electron chi connectivity index (χ0n) is 15.5. The summed E-state index contributed by atoms with van der Waals surface area (Å²) < 4.78 is 35.9. The Morgan fingerprint density at radius 1 is 1.33 bits per heavy atom. The predicted molar refractivity (Wildman–Crippen MR) is 98.5 cm³/mol. The van der Waals surface area contributed by atoms with Gasteiger partial charge in [0.05, 0.1) is 18.8 Å². The predicted octanol–water partition coefficient (Wildman–Crippen LogP) is -1.54. The largest absolute Gasteiger partial charge is 0.383 e. The van der Waals surface area contributed by atoms with Crippen LogP contribution in [-0.2, 0) is 25.3 Å². The number of piperazine rings is 1. The monoisotopic (exact) mass is 402 g/mol. The van der Waals surface area contributed by atoms with Crippen LogP contribution < -0.4 is 10.6 Å². The molecule has 2 heterocycles. The molecule has 1 aliphatic rings. The van der Waals surface area contributed by atoms with Gasteiger partial charge in [0, 0.05) is 52.9 Å². The van der Waals surface area contributed by atoms with Gasteiger partial charge in [-0.2, -0.15) is 4.31 Å². The number of rotatable bonds is 8. The van der Waals surface area contributed by atoms with Gasteiger partial charge in [-0.05, 0) is 0 Å². The number of hydrogen-bond donors (Lipinski definition) is 2. The van der Waals surface area contributed by atoms with Gasteiger partial charge in [-0.25, -0.2) is 8.42 Å². The zero-order valence-corrected chi connectivity index (χ0v) is 16.4. The minimum Gasteiger partial charge on any atom is -0.383 e. The Hall–Kier alpha value is -2.18. The van der Waals surface area contributed by atoms with Gasteiger partial charge in [0.15, 0.2) is 5.96 Å². The van der Waals surface area contributed by atoms with E-state index in [9.17, 15) is 13.2 Å². The molecule has 1 saturated heterocycles. The standard InChI is InChI=1S/C15H26N6O5S/c1-16-15(18-11-14(22)17-4-10-25-2)20-5-7-21(8-6-20)27(23,24)12-13-3-9-26-19-13/h3,9H,4-8,10-12H2,1-2H3,(H,16,18)(H,17,22). The van der Waals surface area contributed by atoms with Gasteiger partial charge in [0.2, 0.25) is 15.9 Å². The van der Waals surface area contributed by atoms with E-state index in [0.717, 1.165) is 0 Å². The number of ether oxygens (including phenoxy) is 1. The molecule has 27 heavy (non-hydrogen) atoms. The summed E-state index contributed by atoms with van der Waals surface area (Å²) in [5, 5.41) is 9.36. The molecular weight excluding hydrogens is 376 g/mol. The molecule has 12 heteroatoms. The first-order valence-corrected chi connectivity index (χ1v) is 10.2. The second kappa shape index (κ2) is 10.2. The quantitative estimate of drug-likeness (QED) is 0.304. The van der Waals surface area contributed by atoms with Crippen LogP contribution in [0.1, 0.15) is 5.69 Å². The van der Waals surface area contributed by atoms with E-state index in [0.29, 0.717) is 51.0 Å². The summed E-state index contributed by atoms with van der Waals surface area (Å²) in [5.41, 5.74) is 0.384. The van der Waals surface area contributed by atoms with E-state index in [1.165, 1.54) is 16.6 Å². The molecule has 1 amide bonds. The van der Waals surface area contributed by atoms with Gasteiger partial charge in [0.1, 0.15) is 12.0 Å². The van der Waals surface area contributed by atoms with Crippen LogP contribution >= 0.6 is 0 Å². The molecule has 1 aromatic heterocycles. The molecule has 1 aliphatic heterocycles. The summed E-state index contributed by atoms with van der Waals surface area (Å²) in [7, 11) is -0.262. The van der Waals surface area contributed by atoms with Crippen molar-refractivity contribution < 1.29 is 22.5 Å². The van der Waals surface area contributed by atoms with Crippen molar-refractivity contribution in [1.82, 2.24) is 25.0 Å². The number of nitrogens with zero attached hydrogens (tertiary/aromatic N) is 4. The fourth-order valence-corrected chi connectivity index (χ4v) is 4.04. The topological polar surface area (TPSA) is 129 Å². The number of amides is 1. The van der Waals surface area contributed by atoms with Crippen molar-refractivity contribution >= 4 is 21.9 Å². The molecule has 0 unspecified atom stereocenters.